The van der Waals surface area contributed by atoms with Gasteiger partial charge >= 0.3 is 0 Å². The van der Waals surface area contributed by atoms with E-state index in [1.54, 1.807) is 17.5 Å². The maximum Gasteiger partial charge on any atom is 0.116 e. The van der Waals surface area contributed by atoms with E-state index in [4.69, 9.17) is 0 Å². The number of nitrogens with one attached hydrogen (secondary N) is 3. The Kier molecular flexibility index (Phi) is 3.24. The lowest BCUT2D eigenvalue weighted by Gasteiger charge is -1.99. The molecule has 0 radical (unpaired) electrons. The van der Waals surface area contributed by atoms with Crippen molar-refractivity contribution in [2.75, 3.05) is 0 Å². The normalized spacial score (nSPS) is 11.6. The first-order chi connectivity index (χ1) is 13.9. The summed E-state index contributed by atoms with van der Waals surface area (Å²) in [6.45, 7) is 0. The van der Waals surface area contributed by atoms with E-state index in [2.05, 4.69) is 71.5 Å². The average Bonchev–Trinajstić information content (AvgIpc) is 3.53. The molecule has 1 aromatic carbocycles. The van der Waals surface area contributed by atoms with Crippen molar-refractivity contribution in [2.45, 2.75) is 0 Å². The summed E-state index contributed by atoms with van der Waals surface area (Å²) in [5.41, 5.74) is 8.13. The molecule has 0 unspecified atom stereocenters. The standard InChI is InChI=1S/C21H14N6S/c1-2-14(12-4-5-28-11-12)15-6-19(25-17(15)3-1)21-16-7-18(13-8-23-24-9-13)22-10-20(16)26-27-21/h1-11,25H,(H,23,24)(H,26,27). The molecule has 6 rings (SSSR count). The lowest BCUT2D eigenvalue weighted by atomic mass is 10.0. The number of aromatic amines is 3. The van der Waals surface area contributed by atoms with Crippen LogP contribution in [0.2, 0.25) is 0 Å². The fraction of sp³-hybridized carbons (Fsp3) is 0. The van der Waals surface area contributed by atoms with Gasteiger partial charge in [0.05, 0.1) is 29.3 Å². The van der Waals surface area contributed by atoms with Gasteiger partial charge in [0, 0.05) is 28.0 Å². The predicted molar refractivity (Wildman–Crippen MR) is 112 cm³/mol. The Morgan fingerprint density at radius 2 is 1.93 bits per heavy atom. The van der Waals surface area contributed by atoms with E-state index in [1.165, 1.54) is 16.5 Å². The van der Waals surface area contributed by atoms with E-state index >= 15 is 0 Å². The van der Waals surface area contributed by atoms with E-state index in [0.717, 1.165) is 39.1 Å². The van der Waals surface area contributed by atoms with Gasteiger partial charge in [0.1, 0.15) is 5.69 Å². The van der Waals surface area contributed by atoms with Gasteiger partial charge in [0.2, 0.25) is 0 Å². The highest BCUT2D eigenvalue weighted by molar-refractivity contribution is 7.08. The molecule has 28 heavy (non-hydrogen) atoms. The Morgan fingerprint density at radius 1 is 0.929 bits per heavy atom. The summed E-state index contributed by atoms with van der Waals surface area (Å²) in [6, 6.07) is 12.7. The first kappa shape index (κ1) is 15.4. The highest BCUT2D eigenvalue weighted by Gasteiger charge is 2.15. The SMILES string of the molecule is c1cc(-c2ccsc2)c2cc(-c3n[nH]c4cnc(-c5cn[nH]c5)cc34)[nH]c2c1. The van der Waals surface area contributed by atoms with Crippen molar-refractivity contribution < 1.29 is 0 Å². The Morgan fingerprint density at radius 3 is 2.79 bits per heavy atom. The lowest BCUT2D eigenvalue weighted by Crippen LogP contribution is -1.82. The van der Waals surface area contributed by atoms with Crippen LogP contribution >= 0.6 is 11.3 Å². The van der Waals surface area contributed by atoms with E-state index in [1.807, 2.05) is 18.5 Å². The Balaban J connectivity index is 1.55. The number of aromatic nitrogens is 6. The molecule has 7 heteroatoms. The van der Waals surface area contributed by atoms with Gasteiger partial charge in [-0.3, -0.25) is 15.2 Å². The topological polar surface area (TPSA) is 86.0 Å². The van der Waals surface area contributed by atoms with Crippen LogP contribution in [0.1, 0.15) is 0 Å². The number of hydrogen-bond donors (Lipinski definition) is 3. The largest absolute Gasteiger partial charge is 0.353 e. The second kappa shape index (κ2) is 5.90. The van der Waals surface area contributed by atoms with Gasteiger partial charge < -0.3 is 4.98 Å². The summed E-state index contributed by atoms with van der Waals surface area (Å²) in [7, 11) is 0. The molecule has 0 aliphatic carbocycles. The van der Waals surface area contributed by atoms with E-state index in [-0.39, 0.29) is 0 Å². The molecule has 0 spiro atoms. The number of hydrogen-bond acceptors (Lipinski definition) is 4. The molecule has 0 amide bonds. The third kappa shape index (κ3) is 2.30. The van der Waals surface area contributed by atoms with Gasteiger partial charge in [-0.25, -0.2) is 0 Å². The Bertz CT molecular complexity index is 1410. The molecular formula is C21H14N6S. The summed E-state index contributed by atoms with van der Waals surface area (Å²) in [6.07, 6.45) is 5.42. The van der Waals surface area contributed by atoms with Gasteiger partial charge in [0.25, 0.3) is 0 Å². The lowest BCUT2D eigenvalue weighted by molar-refractivity contribution is 1.09. The minimum Gasteiger partial charge on any atom is -0.353 e. The quantitative estimate of drug-likeness (QED) is 0.392. The van der Waals surface area contributed by atoms with Crippen LogP contribution in [0.25, 0.3) is 55.6 Å². The second-order valence-corrected chi connectivity index (χ2v) is 7.42. The minimum atomic E-state index is 0.860. The molecule has 3 N–H and O–H groups in total. The number of thiophene rings is 1. The molecule has 0 fully saturated rings. The number of fused-ring (bicyclic) bond motifs is 2. The van der Waals surface area contributed by atoms with E-state index < -0.39 is 0 Å². The highest BCUT2D eigenvalue weighted by Crippen LogP contribution is 2.35. The van der Waals surface area contributed by atoms with Gasteiger partial charge in [-0.1, -0.05) is 12.1 Å². The van der Waals surface area contributed by atoms with Crippen molar-refractivity contribution in [3.63, 3.8) is 0 Å². The summed E-state index contributed by atoms with van der Waals surface area (Å²) in [4.78, 5) is 8.04. The van der Waals surface area contributed by atoms with Gasteiger partial charge in [-0.2, -0.15) is 21.5 Å². The maximum absolute atomic E-state index is 4.56. The smallest absolute Gasteiger partial charge is 0.116 e. The zero-order valence-corrected chi connectivity index (χ0v) is 15.4. The van der Waals surface area contributed by atoms with Crippen LogP contribution in [0, 0.1) is 0 Å². The third-order valence-corrected chi connectivity index (χ3v) is 5.68. The fourth-order valence-electron chi connectivity index (χ4n) is 3.62. The molecule has 6 nitrogen and oxygen atoms in total. The van der Waals surface area contributed by atoms with Crippen molar-refractivity contribution in [1.82, 2.24) is 30.4 Å². The Hall–Kier alpha value is -3.71. The molecule has 0 aliphatic rings. The van der Waals surface area contributed by atoms with Crippen molar-refractivity contribution in [3.8, 4) is 33.8 Å². The predicted octanol–water partition coefficient (Wildman–Crippen LogP) is 5.22. The first-order valence-electron chi connectivity index (χ1n) is 8.85. The second-order valence-electron chi connectivity index (χ2n) is 6.64. The summed E-state index contributed by atoms with van der Waals surface area (Å²) < 4.78 is 0. The van der Waals surface area contributed by atoms with Crippen LogP contribution in [-0.2, 0) is 0 Å². The first-order valence-corrected chi connectivity index (χ1v) is 9.79. The molecular weight excluding hydrogens is 368 g/mol. The summed E-state index contributed by atoms with van der Waals surface area (Å²) in [5, 5.41) is 21.0. The zero-order valence-electron chi connectivity index (χ0n) is 14.6. The molecule has 6 aromatic rings. The van der Waals surface area contributed by atoms with Gasteiger partial charge in [-0.05, 0) is 46.2 Å². The van der Waals surface area contributed by atoms with Gasteiger partial charge in [-0.15, -0.1) is 0 Å². The van der Waals surface area contributed by atoms with Gasteiger partial charge in [0.15, 0.2) is 0 Å². The molecule has 0 saturated carbocycles. The van der Waals surface area contributed by atoms with Crippen molar-refractivity contribution in [1.29, 1.82) is 0 Å². The van der Waals surface area contributed by atoms with Crippen molar-refractivity contribution in [2.24, 2.45) is 0 Å². The Labute approximate surface area is 163 Å². The number of rotatable bonds is 3. The highest BCUT2D eigenvalue weighted by atomic mass is 32.1. The molecule has 5 aromatic heterocycles. The number of benzene rings is 1. The van der Waals surface area contributed by atoms with Crippen LogP contribution in [0.3, 0.4) is 0 Å². The molecule has 0 atom stereocenters. The molecule has 5 heterocycles. The minimum absolute atomic E-state index is 0.860. The van der Waals surface area contributed by atoms with Crippen LogP contribution in [-0.4, -0.2) is 30.4 Å². The molecule has 0 aliphatic heterocycles. The van der Waals surface area contributed by atoms with E-state index in [0.29, 0.717) is 0 Å². The van der Waals surface area contributed by atoms with Crippen LogP contribution < -0.4 is 0 Å². The molecule has 0 bridgehead atoms. The average molecular weight is 382 g/mol. The molecule has 134 valence electrons. The monoisotopic (exact) mass is 382 g/mol. The maximum atomic E-state index is 4.56. The summed E-state index contributed by atoms with van der Waals surface area (Å²) in [5.74, 6) is 0. The van der Waals surface area contributed by atoms with Crippen molar-refractivity contribution >= 4 is 33.1 Å². The number of nitrogens with zero attached hydrogens (tertiary/aromatic N) is 3. The number of H-pyrrole nitrogens is 3. The van der Waals surface area contributed by atoms with Crippen LogP contribution in [0.5, 0.6) is 0 Å². The zero-order chi connectivity index (χ0) is 18.5. The fourth-order valence-corrected chi connectivity index (χ4v) is 4.28. The number of pyridine rings is 1. The van der Waals surface area contributed by atoms with Crippen molar-refractivity contribution in [3.05, 3.63) is 65.7 Å². The molecule has 0 saturated heterocycles. The third-order valence-electron chi connectivity index (χ3n) is 4.99. The van der Waals surface area contributed by atoms with E-state index in [9.17, 15) is 0 Å². The van der Waals surface area contributed by atoms with Crippen LogP contribution in [0.15, 0.2) is 65.7 Å². The van der Waals surface area contributed by atoms with Crippen LogP contribution in [0.4, 0.5) is 0 Å². The summed E-state index contributed by atoms with van der Waals surface area (Å²) >= 11 is 1.71.